The van der Waals surface area contributed by atoms with E-state index in [0.717, 1.165) is 56.4 Å². The van der Waals surface area contributed by atoms with Crippen LogP contribution >= 0.6 is 0 Å². The molecule has 2 aromatic heterocycles. The summed E-state index contributed by atoms with van der Waals surface area (Å²) in [6.45, 7) is 6.73. The van der Waals surface area contributed by atoms with Gasteiger partial charge in [-0.15, -0.1) is 0 Å². The minimum atomic E-state index is -0.817. The summed E-state index contributed by atoms with van der Waals surface area (Å²) in [5.74, 6) is 1.09. The van der Waals surface area contributed by atoms with Crippen molar-refractivity contribution in [2.45, 2.75) is 95.9 Å². The summed E-state index contributed by atoms with van der Waals surface area (Å²) in [7, 11) is 2.20. The van der Waals surface area contributed by atoms with Gasteiger partial charge in [-0.2, -0.15) is 0 Å². The summed E-state index contributed by atoms with van der Waals surface area (Å²) in [6.07, 6.45) is 8.15. The number of para-hydroxylation sites is 2. The number of amides is 1. The zero-order chi connectivity index (χ0) is 25.4. The first-order valence-corrected chi connectivity index (χ1v) is 13.4. The monoisotopic (exact) mass is 489 g/mol. The number of carbonyl (C=O) groups is 1. The normalized spacial score (nSPS) is 22.5. The summed E-state index contributed by atoms with van der Waals surface area (Å²) < 4.78 is 2.45. The molecule has 7 heteroatoms. The van der Waals surface area contributed by atoms with Crippen molar-refractivity contribution in [1.82, 2.24) is 24.3 Å². The molecule has 1 unspecified atom stereocenters. The van der Waals surface area contributed by atoms with Crippen molar-refractivity contribution in [2.75, 3.05) is 7.05 Å². The van der Waals surface area contributed by atoms with Crippen molar-refractivity contribution < 1.29 is 9.90 Å². The molecule has 1 saturated carbocycles. The van der Waals surface area contributed by atoms with Crippen LogP contribution < -0.4 is 0 Å². The molecule has 0 radical (unpaired) electrons. The zero-order valence-electron chi connectivity index (χ0n) is 22.0. The maximum Gasteiger partial charge on any atom is 0.407 e. The van der Waals surface area contributed by atoms with Crippen LogP contribution in [0.4, 0.5) is 4.79 Å². The third-order valence-electron chi connectivity index (χ3n) is 8.08. The van der Waals surface area contributed by atoms with E-state index in [2.05, 4.69) is 46.8 Å². The molecule has 192 valence electrons. The van der Waals surface area contributed by atoms with Crippen LogP contribution in [-0.4, -0.2) is 54.2 Å². The molecule has 2 aliphatic rings. The minimum absolute atomic E-state index is 0.0597. The Kier molecular flexibility index (Phi) is 6.77. The second kappa shape index (κ2) is 9.85. The third kappa shape index (κ3) is 4.73. The molecule has 3 aromatic rings. The van der Waals surface area contributed by atoms with Gasteiger partial charge < -0.3 is 14.6 Å². The molecular formula is C29H39N5O2. The third-order valence-corrected chi connectivity index (χ3v) is 8.08. The summed E-state index contributed by atoms with van der Waals surface area (Å²) in [6, 6.07) is 13.4. The van der Waals surface area contributed by atoms with Crippen molar-refractivity contribution in [1.29, 1.82) is 0 Å². The molecule has 1 atom stereocenters. The number of aromatic nitrogens is 3. The number of aryl methyl sites for hydroxylation is 1. The molecule has 0 aliphatic heterocycles. The fourth-order valence-electron chi connectivity index (χ4n) is 6.53. The van der Waals surface area contributed by atoms with E-state index >= 15 is 0 Å². The number of pyridine rings is 1. The van der Waals surface area contributed by atoms with E-state index in [1.54, 1.807) is 4.90 Å². The highest BCUT2D eigenvalue weighted by atomic mass is 16.4. The molecular weight excluding hydrogens is 450 g/mol. The van der Waals surface area contributed by atoms with Gasteiger partial charge in [0.2, 0.25) is 0 Å². The Labute approximate surface area is 214 Å². The highest BCUT2D eigenvalue weighted by Crippen LogP contribution is 2.38. The molecule has 0 bridgehead atoms. The average Bonchev–Trinajstić information content (AvgIpc) is 3.20. The van der Waals surface area contributed by atoms with Gasteiger partial charge in [0.25, 0.3) is 0 Å². The van der Waals surface area contributed by atoms with Crippen LogP contribution in [0.15, 0.2) is 42.6 Å². The minimum Gasteiger partial charge on any atom is -0.465 e. The Morgan fingerprint density at radius 2 is 1.83 bits per heavy atom. The fourth-order valence-corrected chi connectivity index (χ4v) is 6.53. The van der Waals surface area contributed by atoms with Crippen molar-refractivity contribution >= 4 is 17.1 Å². The van der Waals surface area contributed by atoms with Crippen molar-refractivity contribution in [2.24, 2.45) is 0 Å². The number of hydrogen-bond acceptors (Lipinski definition) is 4. The maximum absolute atomic E-state index is 12.0. The van der Waals surface area contributed by atoms with E-state index < -0.39 is 11.6 Å². The molecule has 1 amide bonds. The molecule has 7 nitrogen and oxygen atoms in total. The smallest absolute Gasteiger partial charge is 0.407 e. The van der Waals surface area contributed by atoms with Crippen LogP contribution in [0.1, 0.15) is 88.5 Å². The molecule has 2 aliphatic carbocycles. The number of benzene rings is 1. The van der Waals surface area contributed by atoms with E-state index in [4.69, 9.17) is 9.97 Å². The second-order valence-corrected chi connectivity index (χ2v) is 11.5. The first-order chi connectivity index (χ1) is 17.2. The summed E-state index contributed by atoms with van der Waals surface area (Å²) >= 11 is 0. The average molecular weight is 490 g/mol. The molecule has 1 aromatic carbocycles. The molecule has 0 spiro atoms. The Balaban J connectivity index is 1.40. The Morgan fingerprint density at radius 1 is 1.08 bits per heavy atom. The maximum atomic E-state index is 12.0. The molecule has 1 fully saturated rings. The van der Waals surface area contributed by atoms with Gasteiger partial charge in [-0.3, -0.25) is 9.88 Å². The number of nitrogens with zero attached hydrogens (tertiary/aromatic N) is 5. The van der Waals surface area contributed by atoms with Crippen LogP contribution in [-0.2, 0) is 13.0 Å². The highest BCUT2D eigenvalue weighted by molar-refractivity contribution is 5.76. The van der Waals surface area contributed by atoms with E-state index in [0.29, 0.717) is 12.1 Å². The lowest BCUT2D eigenvalue weighted by molar-refractivity contribution is 0.0510. The lowest BCUT2D eigenvalue weighted by Crippen LogP contribution is -2.52. The quantitative estimate of drug-likeness (QED) is 0.462. The standard InChI is InChI=1S/C29H39N5O2/c1-29(2,3)34(28(35)36)22-16-14-21(15-17-22)33-24-12-6-5-11-23(24)31-26(33)19-32(4)25-13-7-9-20-10-8-18-30-27(20)25/h5-6,8,10-12,18,21-22,25H,7,9,13-17,19H2,1-4H3,(H,35,36). The topological polar surface area (TPSA) is 74.5 Å². The van der Waals surface area contributed by atoms with Crippen molar-refractivity contribution in [3.8, 4) is 0 Å². The lowest BCUT2D eigenvalue weighted by atomic mass is 9.87. The molecule has 0 saturated heterocycles. The van der Waals surface area contributed by atoms with Gasteiger partial charge in [0.05, 0.1) is 29.3 Å². The number of imidazole rings is 1. The largest absolute Gasteiger partial charge is 0.465 e. The molecule has 2 heterocycles. The fraction of sp³-hybridized carbons (Fsp3) is 0.552. The SMILES string of the molecule is CN(Cc1nc2ccccc2n1C1CCC(N(C(=O)O)C(C)(C)C)CC1)C1CCCc2cccnc21. The van der Waals surface area contributed by atoms with Gasteiger partial charge >= 0.3 is 6.09 Å². The zero-order valence-corrected chi connectivity index (χ0v) is 22.0. The predicted molar refractivity (Wildman–Crippen MR) is 142 cm³/mol. The van der Waals surface area contributed by atoms with Crippen molar-refractivity contribution in [3.63, 3.8) is 0 Å². The summed E-state index contributed by atoms with van der Waals surface area (Å²) in [5.41, 5.74) is 4.40. The number of carboxylic acid groups (broad SMARTS) is 1. The van der Waals surface area contributed by atoms with Crippen LogP contribution in [0, 0.1) is 0 Å². The van der Waals surface area contributed by atoms with Gasteiger partial charge in [-0.25, -0.2) is 9.78 Å². The van der Waals surface area contributed by atoms with Crippen LogP contribution in [0.3, 0.4) is 0 Å². The highest BCUT2D eigenvalue weighted by Gasteiger charge is 2.37. The van der Waals surface area contributed by atoms with Crippen LogP contribution in [0.25, 0.3) is 11.0 Å². The summed E-state index contributed by atoms with van der Waals surface area (Å²) in [5, 5.41) is 9.89. The van der Waals surface area contributed by atoms with Gasteiger partial charge in [0, 0.05) is 23.8 Å². The molecule has 5 rings (SSSR count). The first kappa shape index (κ1) is 24.8. The number of fused-ring (bicyclic) bond motifs is 2. The van der Waals surface area contributed by atoms with Crippen molar-refractivity contribution in [3.05, 3.63) is 59.7 Å². The molecule has 36 heavy (non-hydrogen) atoms. The van der Waals surface area contributed by atoms with E-state index in [9.17, 15) is 9.90 Å². The van der Waals surface area contributed by atoms with Gasteiger partial charge in [0.15, 0.2) is 0 Å². The van der Waals surface area contributed by atoms with Gasteiger partial charge in [0.1, 0.15) is 5.82 Å². The van der Waals surface area contributed by atoms with Gasteiger partial charge in [-0.1, -0.05) is 18.2 Å². The number of hydrogen-bond donors (Lipinski definition) is 1. The predicted octanol–water partition coefficient (Wildman–Crippen LogP) is 6.20. The number of rotatable bonds is 5. The van der Waals surface area contributed by atoms with Crippen LogP contribution in [0.5, 0.6) is 0 Å². The Hall–Kier alpha value is -2.93. The van der Waals surface area contributed by atoms with E-state index in [-0.39, 0.29) is 6.04 Å². The summed E-state index contributed by atoms with van der Waals surface area (Å²) in [4.78, 5) is 26.0. The molecule has 1 N–H and O–H groups in total. The van der Waals surface area contributed by atoms with Gasteiger partial charge in [-0.05, 0) is 96.5 Å². The lowest BCUT2D eigenvalue weighted by Gasteiger charge is -2.43. The first-order valence-electron chi connectivity index (χ1n) is 13.4. The van der Waals surface area contributed by atoms with E-state index in [1.807, 2.05) is 33.0 Å². The van der Waals surface area contributed by atoms with E-state index in [1.165, 1.54) is 23.2 Å². The Bertz CT molecular complexity index is 1220. The van der Waals surface area contributed by atoms with Crippen LogP contribution in [0.2, 0.25) is 0 Å². The second-order valence-electron chi connectivity index (χ2n) is 11.5. The Morgan fingerprint density at radius 3 is 2.56 bits per heavy atom.